The van der Waals surface area contributed by atoms with Crippen LogP contribution >= 0.6 is 0 Å². The summed E-state index contributed by atoms with van der Waals surface area (Å²) in [4.78, 5) is 31.1. The number of rotatable bonds is 9. The number of fused-ring (bicyclic) bond motifs is 1. The summed E-state index contributed by atoms with van der Waals surface area (Å²) in [5, 5.41) is 6.52. The van der Waals surface area contributed by atoms with E-state index in [0.29, 0.717) is 13.1 Å². The second kappa shape index (κ2) is 11.0. The summed E-state index contributed by atoms with van der Waals surface area (Å²) < 4.78 is 0. The summed E-state index contributed by atoms with van der Waals surface area (Å²) in [5.74, 6) is 0.507. The first-order chi connectivity index (χ1) is 15.3. The zero-order valence-corrected chi connectivity index (χ0v) is 20.1. The Hall–Kier alpha value is -2.34. The summed E-state index contributed by atoms with van der Waals surface area (Å²) >= 11 is 0. The normalized spacial score (nSPS) is 23.0. The summed E-state index contributed by atoms with van der Waals surface area (Å²) in [6.45, 7) is 12.4. The van der Waals surface area contributed by atoms with E-state index in [9.17, 15) is 9.59 Å². The van der Waals surface area contributed by atoms with Crippen LogP contribution in [0.15, 0.2) is 42.6 Å². The average Bonchev–Trinajstić information content (AvgIpc) is 3.15. The molecule has 2 aliphatic heterocycles. The van der Waals surface area contributed by atoms with Gasteiger partial charge in [-0.3, -0.25) is 9.59 Å². The van der Waals surface area contributed by atoms with Crippen LogP contribution in [-0.4, -0.2) is 66.4 Å². The molecule has 2 N–H and O–H groups in total. The largest absolute Gasteiger partial charge is 0.376 e. The molecule has 1 aromatic carbocycles. The number of carbonyl (C=O) groups excluding carboxylic acids is 2. The van der Waals surface area contributed by atoms with Crippen LogP contribution in [0.25, 0.3) is 0 Å². The van der Waals surface area contributed by atoms with E-state index in [0.717, 1.165) is 37.9 Å². The molecule has 2 aliphatic rings. The number of nitrogens with zero attached hydrogens (tertiary/aromatic N) is 2. The van der Waals surface area contributed by atoms with Crippen LogP contribution in [0.2, 0.25) is 0 Å². The predicted molar refractivity (Wildman–Crippen MR) is 129 cm³/mol. The minimum atomic E-state index is -0.383. The summed E-state index contributed by atoms with van der Waals surface area (Å²) in [6.07, 6.45) is 3.76. The minimum absolute atomic E-state index is 0.0233. The van der Waals surface area contributed by atoms with E-state index < -0.39 is 0 Å². The Morgan fingerprint density at radius 3 is 2.53 bits per heavy atom. The van der Waals surface area contributed by atoms with Gasteiger partial charge in [-0.05, 0) is 57.1 Å². The Morgan fingerprint density at radius 2 is 1.88 bits per heavy atom. The van der Waals surface area contributed by atoms with Gasteiger partial charge in [-0.2, -0.15) is 0 Å². The van der Waals surface area contributed by atoms with Gasteiger partial charge in [0, 0.05) is 31.4 Å². The van der Waals surface area contributed by atoms with Gasteiger partial charge in [-0.25, -0.2) is 0 Å². The Bertz CT molecular complexity index is 794. The first-order valence-corrected chi connectivity index (χ1v) is 12.1. The van der Waals surface area contributed by atoms with Crippen LogP contribution in [0.5, 0.6) is 0 Å². The number of amides is 2. The molecule has 4 atom stereocenters. The van der Waals surface area contributed by atoms with Gasteiger partial charge in [-0.1, -0.05) is 50.8 Å². The fourth-order valence-electron chi connectivity index (χ4n) is 4.90. The van der Waals surface area contributed by atoms with Crippen molar-refractivity contribution >= 4 is 11.8 Å². The lowest BCUT2D eigenvalue weighted by atomic mass is 9.95. The van der Waals surface area contributed by atoms with Gasteiger partial charge >= 0.3 is 0 Å². The van der Waals surface area contributed by atoms with Gasteiger partial charge in [0.25, 0.3) is 0 Å². The lowest BCUT2D eigenvalue weighted by Gasteiger charge is -2.34. The lowest BCUT2D eigenvalue weighted by molar-refractivity contribution is -0.145. The van der Waals surface area contributed by atoms with E-state index in [1.54, 1.807) is 0 Å². The third kappa shape index (κ3) is 5.52. The monoisotopic (exact) mass is 440 g/mol. The molecular weight excluding hydrogens is 400 g/mol. The highest BCUT2D eigenvalue weighted by atomic mass is 16.2. The molecule has 0 aromatic heterocycles. The second-order valence-corrected chi connectivity index (χ2v) is 9.63. The Kier molecular flexibility index (Phi) is 8.35. The molecule has 0 unspecified atom stereocenters. The molecule has 3 rings (SSSR count). The van der Waals surface area contributed by atoms with E-state index in [2.05, 4.69) is 29.3 Å². The molecule has 2 amide bonds. The van der Waals surface area contributed by atoms with Gasteiger partial charge in [0.05, 0.1) is 0 Å². The number of likely N-dealkylation sites (tertiary alicyclic amines) is 2. The topological polar surface area (TPSA) is 64.7 Å². The summed E-state index contributed by atoms with van der Waals surface area (Å²) in [7, 11) is 1.88. The van der Waals surface area contributed by atoms with Crippen molar-refractivity contribution in [2.45, 2.75) is 64.6 Å². The van der Waals surface area contributed by atoms with Crippen LogP contribution in [0.4, 0.5) is 0 Å². The van der Waals surface area contributed by atoms with Crippen molar-refractivity contribution in [3.8, 4) is 0 Å². The SMILES string of the molecule is C=C(N[C@H](C(=O)N1CC[C@@H]2CCCN(CCc3ccccc3)C(=O)[C@@H]21)C(C)C)[C@H](C)NC. The number of hydrogen-bond acceptors (Lipinski definition) is 4. The van der Waals surface area contributed by atoms with Crippen molar-refractivity contribution in [2.24, 2.45) is 11.8 Å². The fourth-order valence-corrected chi connectivity index (χ4v) is 4.90. The highest BCUT2D eigenvalue weighted by molar-refractivity contribution is 5.91. The Balaban J connectivity index is 1.73. The first-order valence-electron chi connectivity index (χ1n) is 12.1. The molecule has 0 radical (unpaired) electrons. The molecule has 32 heavy (non-hydrogen) atoms. The van der Waals surface area contributed by atoms with Crippen molar-refractivity contribution in [1.29, 1.82) is 0 Å². The molecule has 2 saturated heterocycles. The summed E-state index contributed by atoms with van der Waals surface area (Å²) in [6, 6.07) is 9.64. The van der Waals surface area contributed by atoms with Crippen LogP contribution in [0.1, 0.15) is 45.6 Å². The van der Waals surface area contributed by atoms with Crippen LogP contribution in [-0.2, 0) is 16.0 Å². The van der Waals surface area contributed by atoms with Crippen LogP contribution < -0.4 is 10.6 Å². The van der Waals surface area contributed by atoms with Gasteiger partial charge in [0.1, 0.15) is 12.1 Å². The Morgan fingerprint density at radius 1 is 1.16 bits per heavy atom. The highest BCUT2D eigenvalue weighted by Crippen LogP contribution is 2.33. The standard InChI is InChI=1S/C26H40N4O2/c1-18(2)23(28-20(4)19(3)27-5)25(31)30-17-14-22-12-9-15-29(26(32)24(22)30)16-13-21-10-7-6-8-11-21/h6-8,10-11,18-19,22-24,27-28H,4,9,12-17H2,1-3,5H3/t19-,22-,23-,24+/m0/s1. The summed E-state index contributed by atoms with van der Waals surface area (Å²) in [5.41, 5.74) is 2.04. The van der Waals surface area contributed by atoms with Crippen molar-refractivity contribution in [3.63, 3.8) is 0 Å². The van der Waals surface area contributed by atoms with E-state index in [4.69, 9.17) is 0 Å². The average molecular weight is 441 g/mol. The third-order valence-corrected chi connectivity index (χ3v) is 7.12. The predicted octanol–water partition coefficient (Wildman–Crippen LogP) is 2.80. The number of likely N-dealkylation sites (N-methyl/N-ethyl adjacent to an activating group) is 1. The molecule has 0 bridgehead atoms. The fraction of sp³-hybridized carbons (Fsp3) is 0.615. The smallest absolute Gasteiger partial charge is 0.246 e. The number of hydrogen-bond donors (Lipinski definition) is 2. The van der Waals surface area contributed by atoms with Crippen molar-refractivity contribution in [1.82, 2.24) is 20.4 Å². The van der Waals surface area contributed by atoms with Gasteiger partial charge in [0.15, 0.2) is 0 Å². The van der Waals surface area contributed by atoms with E-state index in [1.165, 1.54) is 5.56 Å². The van der Waals surface area contributed by atoms with Gasteiger partial charge in [-0.15, -0.1) is 0 Å². The molecule has 2 fully saturated rings. The molecule has 2 heterocycles. The maximum Gasteiger partial charge on any atom is 0.246 e. The van der Waals surface area contributed by atoms with Gasteiger partial charge in [0.2, 0.25) is 11.8 Å². The first kappa shape index (κ1) is 24.3. The van der Waals surface area contributed by atoms with Crippen LogP contribution in [0.3, 0.4) is 0 Å². The van der Waals surface area contributed by atoms with Crippen LogP contribution in [0, 0.1) is 11.8 Å². The zero-order chi connectivity index (χ0) is 23.3. The third-order valence-electron chi connectivity index (χ3n) is 7.12. The molecule has 0 spiro atoms. The number of nitrogens with one attached hydrogen (secondary N) is 2. The van der Waals surface area contributed by atoms with E-state index >= 15 is 0 Å². The van der Waals surface area contributed by atoms with E-state index in [-0.39, 0.29) is 41.8 Å². The molecular formula is C26H40N4O2. The van der Waals surface area contributed by atoms with Crippen molar-refractivity contribution in [2.75, 3.05) is 26.7 Å². The quantitative estimate of drug-likeness (QED) is 0.620. The maximum absolute atomic E-state index is 13.7. The van der Waals surface area contributed by atoms with Crippen molar-refractivity contribution < 1.29 is 9.59 Å². The second-order valence-electron chi connectivity index (χ2n) is 9.63. The molecule has 6 nitrogen and oxygen atoms in total. The molecule has 176 valence electrons. The molecule has 0 saturated carbocycles. The highest BCUT2D eigenvalue weighted by Gasteiger charge is 2.46. The maximum atomic E-state index is 13.7. The minimum Gasteiger partial charge on any atom is -0.376 e. The van der Waals surface area contributed by atoms with E-state index in [1.807, 2.05) is 55.8 Å². The number of benzene rings is 1. The molecule has 1 aromatic rings. The zero-order valence-electron chi connectivity index (χ0n) is 20.1. The lowest BCUT2D eigenvalue weighted by Crippen LogP contribution is -2.56. The number of carbonyl (C=O) groups is 2. The van der Waals surface area contributed by atoms with Crippen molar-refractivity contribution in [3.05, 3.63) is 48.2 Å². The Labute approximate surface area is 193 Å². The van der Waals surface area contributed by atoms with Gasteiger partial charge < -0.3 is 20.4 Å². The molecule has 6 heteroatoms. The molecule has 0 aliphatic carbocycles.